The lowest BCUT2D eigenvalue weighted by Crippen LogP contribution is -2.65. The summed E-state index contributed by atoms with van der Waals surface area (Å²) in [5.74, 6) is 1.94. The van der Waals surface area contributed by atoms with Crippen molar-refractivity contribution in [1.82, 2.24) is 0 Å². The van der Waals surface area contributed by atoms with Crippen molar-refractivity contribution in [2.75, 3.05) is 11.9 Å². The summed E-state index contributed by atoms with van der Waals surface area (Å²) in [6.45, 7) is 4.92. The minimum Gasteiger partial charge on any atom is -0.491 e. The lowest BCUT2D eigenvalue weighted by Gasteiger charge is -2.61. The second-order valence-corrected chi connectivity index (χ2v) is 7.61. The zero-order valence-electron chi connectivity index (χ0n) is 14.9. The van der Waals surface area contributed by atoms with Gasteiger partial charge in [-0.2, -0.15) is 0 Å². The lowest BCUT2D eigenvalue weighted by atomic mass is 9.46. The Morgan fingerprint density at radius 2 is 2.04 bits per heavy atom. The second kappa shape index (κ2) is 7.31. The summed E-state index contributed by atoms with van der Waals surface area (Å²) in [5, 5.41) is 3.22. The third kappa shape index (κ3) is 3.35. The van der Waals surface area contributed by atoms with Gasteiger partial charge < -0.3 is 20.5 Å². The van der Waals surface area contributed by atoms with Gasteiger partial charge in [0.25, 0.3) is 0 Å². The summed E-state index contributed by atoms with van der Waals surface area (Å²) in [4.78, 5) is 4.84. The van der Waals surface area contributed by atoms with E-state index in [1.807, 2.05) is 38.1 Å². The highest BCUT2D eigenvalue weighted by Gasteiger charge is 2.66. The zero-order chi connectivity index (χ0) is 16.7. The Labute approximate surface area is 166 Å². The van der Waals surface area contributed by atoms with E-state index in [1.54, 1.807) is 0 Å². The van der Waals surface area contributed by atoms with Crippen LogP contribution in [0.1, 0.15) is 39.5 Å². The summed E-state index contributed by atoms with van der Waals surface area (Å²) < 4.78 is 11.6. The average molecular weight is 457 g/mol. The SMILES string of the molecule is CC(C)Oc1ccc(NC(N)=NC2C3CCOC3C23CCC3)cc1.I. The number of benzene rings is 1. The third-order valence-electron chi connectivity index (χ3n) is 5.76. The molecule has 3 aliphatic rings. The van der Waals surface area contributed by atoms with Gasteiger partial charge in [-0.3, -0.25) is 0 Å². The predicted molar refractivity (Wildman–Crippen MR) is 111 cm³/mol. The van der Waals surface area contributed by atoms with Crippen molar-refractivity contribution in [1.29, 1.82) is 0 Å². The smallest absolute Gasteiger partial charge is 0.193 e. The number of rotatable bonds is 4. The van der Waals surface area contributed by atoms with Crippen molar-refractivity contribution < 1.29 is 9.47 Å². The van der Waals surface area contributed by atoms with Crippen molar-refractivity contribution in [3.8, 4) is 5.75 Å². The van der Waals surface area contributed by atoms with E-state index < -0.39 is 0 Å². The van der Waals surface area contributed by atoms with Gasteiger partial charge >= 0.3 is 0 Å². The number of nitrogens with zero attached hydrogens (tertiary/aromatic N) is 1. The van der Waals surface area contributed by atoms with Crippen LogP contribution in [0.25, 0.3) is 0 Å². The minimum absolute atomic E-state index is 0. The van der Waals surface area contributed by atoms with Crippen molar-refractivity contribution in [3.05, 3.63) is 24.3 Å². The number of fused-ring (bicyclic) bond motifs is 2. The van der Waals surface area contributed by atoms with Crippen LogP contribution in [0, 0.1) is 11.3 Å². The first-order valence-corrected chi connectivity index (χ1v) is 9.07. The van der Waals surface area contributed by atoms with E-state index in [1.165, 1.54) is 19.3 Å². The van der Waals surface area contributed by atoms with Crippen LogP contribution in [0.4, 0.5) is 5.69 Å². The largest absolute Gasteiger partial charge is 0.491 e. The Morgan fingerprint density at radius 1 is 1.32 bits per heavy atom. The Kier molecular flexibility index (Phi) is 5.48. The van der Waals surface area contributed by atoms with E-state index in [0.717, 1.165) is 24.5 Å². The van der Waals surface area contributed by atoms with Gasteiger partial charge in [0, 0.05) is 23.6 Å². The molecular formula is C19H28IN3O2. The molecule has 0 aromatic heterocycles. The average Bonchev–Trinajstić information content (AvgIpc) is 2.90. The van der Waals surface area contributed by atoms with Crippen LogP contribution in [0.3, 0.4) is 0 Å². The molecule has 4 rings (SSSR count). The standard InChI is InChI=1S/C19H27N3O2.HI/c1-12(2)24-14-6-4-13(5-7-14)21-18(20)22-16-15-8-11-23-17(15)19(16)9-3-10-19;/h4-7,12,15-17H,3,8-11H2,1-2H3,(H3,20,21,22);1H. The van der Waals surface area contributed by atoms with Gasteiger partial charge in [-0.1, -0.05) is 6.42 Å². The number of hydrogen-bond donors (Lipinski definition) is 2. The first-order chi connectivity index (χ1) is 11.6. The summed E-state index contributed by atoms with van der Waals surface area (Å²) in [6, 6.07) is 8.18. The molecule has 3 atom stereocenters. The molecule has 25 heavy (non-hydrogen) atoms. The van der Waals surface area contributed by atoms with Crippen molar-refractivity contribution in [3.63, 3.8) is 0 Å². The highest BCUT2D eigenvalue weighted by molar-refractivity contribution is 14.0. The van der Waals surface area contributed by atoms with Gasteiger partial charge in [-0.15, -0.1) is 24.0 Å². The molecule has 1 aliphatic heterocycles. The molecular weight excluding hydrogens is 429 g/mol. The van der Waals surface area contributed by atoms with Crippen molar-refractivity contribution >= 4 is 35.6 Å². The van der Waals surface area contributed by atoms with Gasteiger partial charge in [-0.25, -0.2) is 4.99 Å². The van der Waals surface area contributed by atoms with Crippen molar-refractivity contribution in [2.45, 2.75) is 57.8 Å². The van der Waals surface area contributed by atoms with E-state index >= 15 is 0 Å². The first kappa shape index (κ1) is 18.8. The zero-order valence-corrected chi connectivity index (χ0v) is 17.2. The third-order valence-corrected chi connectivity index (χ3v) is 5.76. The fourth-order valence-electron chi connectivity index (χ4n) is 4.61. The maximum Gasteiger partial charge on any atom is 0.193 e. The summed E-state index contributed by atoms with van der Waals surface area (Å²) >= 11 is 0. The minimum atomic E-state index is 0. The van der Waals surface area contributed by atoms with E-state index in [-0.39, 0.29) is 35.5 Å². The fourth-order valence-corrected chi connectivity index (χ4v) is 4.61. The van der Waals surface area contributed by atoms with Crippen LogP contribution in [0.2, 0.25) is 0 Å². The molecule has 0 bridgehead atoms. The Hall–Kier alpha value is -1.02. The summed E-state index contributed by atoms with van der Waals surface area (Å²) in [7, 11) is 0. The highest BCUT2D eigenvalue weighted by Crippen LogP contribution is 2.64. The molecule has 2 saturated carbocycles. The number of hydrogen-bond acceptors (Lipinski definition) is 3. The number of nitrogens with one attached hydrogen (secondary N) is 1. The van der Waals surface area contributed by atoms with Crippen LogP contribution in [0.5, 0.6) is 5.75 Å². The topological polar surface area (TPSA) is 68.9 Å². The lowest BCUT2D eigenvalue weighted by molar-refractivity contribution is -0.164. The van der Waals surface area contributed by atoms with Crippen LogP contribution in [-0.2, 0) is 4.74 Å². The van der Waals surface area contributed by atoms with E-state index in [2.05, 4.69) is 5.32 Å². The molecule has 0 amide bonds. The van der Waals surface area contributed by atoms with Gasteiger partial charge in [0.1, 0.15) is 5.75 Å². The molecule has 2 aliphatic carbocycles. The number of anilines is 1. The maximum absolute atomic E-state index is 6.18. The molecule has 6 heteroatoms. The molecule has 138 valence electrons. The first-order valence-electron chi connectivity index (χ1n) is 9.07. The summed E-state index contributed by atoms with van der Waals surface area (Å²) in [5.41, 5.74) is 7.40. The van der Waals surface area contributed by atoms with Crippen LogP contribution in [0.15, 0.2) is 29.3 Å². The van der Waals surface area contributed by atoms with Gasteiger partial charge in [0.2, 0.25) is 0 Å². The predicted octanol–water partition coefficient (Wildman–Crippen LogP) is 3.78. The number of nitrogens with two attached hydrogens (primary N) is 1. The fraction of sp³-hybridized carbons (Fsp3) is 0.632. The number of halogens is 1. The van der Waals surface area contributed by atoms with E-state index in [0.29, 0.717) is 24.0 Å². The Morgan fingerprint density at radius 3 is 2.64 bits per heavy atom. The highest BCUT2D eigenvalue weighted by atomic mass is 127. The monoisotopic (exact) mass is 457 g/mol. The Bertz CT molecular complexity index is 628. The van der Waals surface area contributed by atoms with Crippen LogP contribution in [-0.4, -0.2) is 30.8 Å². The number of ether oxygens (including phenoxy) is 2. The van der Waals surface area contributed by atoms with Crippen LogP contribution >= 0.6 is 24.0 Å². The van der Waals surface area contributed by atoms with E-state index in [4.69, 9.17) is 20.2 Å². The molecule has 1 spiro atoms. The van der Waals surface area contributed by atoms with Crippen molar-refractivity contribution in [2.24, 2.45) is 22.1 Å². The molecule has 1 saturated heterocycles. The molecule has 1 aromatic carbocycles. The van der Waals surface area contributed by atoms with Gasteiger partial charge in [0.05, 0.1) is 18.2 Å². The van der Waals surface area contributed by atoms with Crippen LogP contribution < -0.4 is 15.8 Å². The molecule has 5 nitrogen and oxygen atoms in total. The molecule has 3 fully saturated rings. The Balaban J connectivity index is 0.00000182. The molecule has 0 radical (unpaired) electrons. The molecule has 3 N–H and O–H groups in total. The second-order valence-electron chi connectivity index (χ2n) is 7.61. The normalized spacial score (nSPS) is 29.4. The number of guanidine groups is 1. The quantitative estimate of drug-likeness (QED) is 0.410. The maximum atomic E-state index is 6.18. The molecule has 3 unspecified atom stereocenters. The molecule has 1 aromatic rings. The van der Waals surface area contributed by atoms with Gasteiger partial charge in [0.15, 0.2) is 5.96 Å². The molecule has 1 heterocycles. The van der Waals surface area contributed by atoms with Gasteiger partial charge in [-0.05, 0) is 57.4 Å². The van der Waals surface area contributed by atoms with E-state index in [9.17, 15) is 0 Å². The number of aliphatic imine (C=N–C) groups is 1. The summed E-state index contributed by atoms with van der Waals surface area (Å²) in [6.07, 6.45) is 5.49.